The van der Waals surface area contributed by atoms with Gasteiger partial charge in [0.25, 0.3) is 5.91 Å². The van der Waals surface area contributed by atoms with Gasteiger partial charge in [0.15, 0.2) is 0 Å². The average Bonchev–Trinajstić information content (AvgIpc) is 3.05. The topological polar surface area (TPSA) is 55.8 Å². The average molecular weight is 399 g/mol. The number of rotatable bonds is 5. The summed E-state index contributed by atoms with van der Waals surface area (Å²) < 4.78 is 10.5. The summed E-state index contributed by atoms with van der Waals surface area (Å²) in [6.07, 6.45) is 1.78. The number of nitrogens with zero attached hydrogens (tertiary/aromatic N) is 1. The third-order valence-electron chi connectivity index (χ3n) is 5.13. The van der Waals surface area contributed by atoms with E-state index in [1.54, 1.807) is 25.2 Å². The van der Waals surface area contributed by atoms with Crippen molar-refractivity contribution in [1.82, 2.24) is 0 Å². The third kappa shape index (κ3) is 3.57. The van der Waals surface area contributed by atoms with E-state index >= 15 is 0 Å². The molecule has 1 heterocycles. The maximum Gasteiger partial charge on any atom is 0.299 e. The van der Waals surface area contributed by atoms with Crippen molar-refractivity contribution in [2.45, 2.75) is 6.04 Å². The predicted molar refractivity (Wildman–Crippen MR) is 116 cm³/mol. The number of amides is 1. The lowest BCUT2D eigenvalue weighted by molar-refractivity contribution is -0.132. The maximum atomic E-state index is 13.0. The van der Waals surface area contributed by atoms with Crippen LogP contribution in [-0.4, -0.2) is 25.9 Å². The second-order valence-corrected chi connectivity index (χ2v) is 6.89. The molecule has 0 bridgehead atoms. The Bertz CT molecular complexity index is 1090. The summed E-state index contributed by atoms with van der Waals surface area (Å²) in [5.74, 6) is 0.391. The number of anilines is 1. The molecule has 3 aromatic rings. The van der Waals surface area contributed by atoms with E-state index in [0.717, 1.165) is 16.9 Å². The van der Waals surface area contributed by atoms with E-state index in [1.807, 2.05) is 78.9 Å². The van der Waals surface area contributed by atoms with Crippen molar-refractivity contribution in [2.24, 2.45) is 0 Å². The van der Waals surface area contributed by atoms with Crippen LogP contribution in [0.25, 0.3) is 6.08 Å². The van der Waals surface area contributed by atoms with Gasteiger partial charge in [0.2, 0.25) is 5.78 Å². The van der Waals surface area contributed by atoms with Crippen LogP contribution < -0.4 is 14.4 Å². The number of hydrogen-bond acceptors (Lipinski definition) is 4. The highest BCUT2D eigenvalue weighted by Gasteiger charge is 2.44. The Hall–Kier alpha value is -3.86. The van der Waals surface area contributed by atoms with E-state index in [0.29, 0.717) is 17.0 Å². The molecule has 5 heteroatoms. The molecule has 1 unspecified atom stereocenters. The number of ether oxygens (including phenoxy) is 2. The predicted octanol–water partition coefficient (Wildman–Crippen LogP) is 4.44. The van der Waals surface area contributed by atoms with E-state index in [-0.39, 0.29) is 0 Å². The van der Waals surface area contributed by atoms with Gasteiger partial charge in [-0.25, -0.2) is 0 Å². The lowest BCUT2D eigenvalue weighted by Gasteiger charge is -2.25. The molecular weight excluding hydrogens is 378 g/mol. The van der Waals surface area contributed by atoms with Crippen molar-refractivity contribution in [2.75, 3.05) is 19.1 Å². The molecule has 1 amide bonds. The van der Waals surface area contributed by atoms with Gasteiger partial charge >= 0.3 is 0 Å². The highest BCUT2D eigenvalue weighted by molar-refractivity contribution is 6.51. The summed E-state index contributed by atoms with van der Waals surface area (Å²) in [7, 11) is 3.20. The van der Waals surface area contributed by atoms with Gasteiger partial charge in [-0.3, -0.25) is 14.5 Å². The van der Waals surface area contributed by atoms with Gasteiger partial charge < -0.3 is 9.47 Å². The summed E-state index contributed by atoms with van der Waals surface area (Å²) in [5.41, 5.74) is 2.76. The maximum absolute atomic E-state index is 13.0. The van der Waals surface area contributed by atoms with E-state index < -0.39 is 17.7 Å². The fourth-order valence-electron chi connectivity index (χ4n) is 3.61. The Morgan fingerprint density at radius 3 is 1.90 bits per heavy atom. The zero-order chi connectivity index (χ0) is 21.1. The minimum atomic E-state index is -0.540. The summed E-state index contributed by atoms with van der Waals surface area (Å²) in [6.45, 7) is 0. The zero-order valence-corrected chi connectivity index (χ0v) is 16.7. The molecule has 0 saturated carbocycles. The number of methoxy groups -OCH3 is 2. The molecule has 1 atom stereocenters. The standard InChI is InChI=1S/C25H21NO4/c1-29-20-12-8-17(9-13-20)16-22-23(18-10-14-21(30-2)15-11-18)26(25(28)24(22)27)19-6-4-3-5-7-19/h3-16,23H,1-2H3/b22-16-. The van der Waals surface area contributed by atoms with Gasteiger partial charge in [0.1, 0.15) is 11.5 Å². The molecule has 0 aromatic heterocycles. The number of ketones is 1. The number of carbonyl (C=O) groups is 2. The lowest BCUT2D eigenvalue weighted by Crippen LogP contribution is -2.29. The van der Waals surface area contributed by atoms with E-state index in [4.69, 9.17) is 9.47 Å². The lowest BCUT2D eigenvalue weighted by atomic mass is 9.96. The van der Waals surface area contributed by atoms with Crippen molar-refractivity contribution in [3.05, 3.63) is 95.6 Å². The van der Waals surface area contributed by atoms with Crippen LogP contribution in [0, 0.1) is 0 Å². The number of carbonyl (C=O) groups excluding carboxylic acids is 2. The van der Waals surface area contributed by atoms with Crippen molar-refractivity contribution in [1.29, 1.82) is 0 Å². The van der Waals surface area contributed by atoms with Crippen molar-refractivity contribution < 1.29 is 19.1 Å². The molecule has 3 aromatic carbocycles. The van der Waals surface area contributed by atoms with Crippen LogP contribution in [-0.2, 0) is 9.59 Å². The number of benzene rings is 3. The highest BCUT2D eigenvalue weighted by Crippen LogP contribution is 2.40. The summed E-state index contributed by atoms with van der Waals surface area (Å²) in [6, 6.07) is 23.5. The zero-order valence-electron chi connectivity index (χ0n) is 16.7. The molecule has 0 aliphatic carbocycles. The van der Waals surface area contributed by atoms with Crippen LogP contribution >= 0.6 is 0 Å². The van der Waals surface area contributed by atoms with Crippen LogP contribution in [0.4, 0.5) is 5.69 Å². The Morgan fingerprint density at radius 2 is 1.33 bits per heavy atom. The molecule has 0 N–H and O–H groups in total. The van der Waals surface area contributed by atoms with Crippen LogP contribution in [0.15, 0.2) is 84.4 Å². The first-order valence-corrected chi connectivity index (χ1v) is 9.55. The molecule has 1 aliphatic heterocycles. The molecular formula is C25H21NO4. The highest BCUT2D eigenvalue weighted by atomic mass is 16.5. The smallest absolute Gasteiger partial charge is 0.299 e. The van der Waals surface area contributed by atoms with E-state index in [1.165, 1.54) is 0 Å². The number of hydrogen-bond donors (Lipinski definition) is 0. The van der Waals surface area contributed by atoms with Crippen molar-refractivity contribution in [3.8, 4) is 11.5 Å². The van der Waals surface area contributed by atoms with Gasteiger partial charge in [-0.2, -0.15) is 0 Å². The van der Waals surface area contributed by atoms with Gasteiger partial charge in [-0.05, 0) is 53.6 Å². The Labute approximate surface area is 175 Å². The summed E-state index contributed by atoms with van der Waals surface area (Å²) >= 11 is 0. The first-order valence-electron chi connectivity index (χ1n) is 9.55. The van der Waals surface area contributed by atoms with Gasteiger partial charge in [0, 0.05) is 11.3 Å². The number of Topliss-reactive ketones (excluding diaryl/α,β-unsaturated/α-hetero) is 1. The minimum absolute atomic E-state index is 0.430. The first-order chi connectivity index (χ1) is 14.6. The molecule has 0 spiro atoms. The van der Waals surface area contributed by atoms with E-state index in [2.05, 4.69) is 0 Å². The fraction of sp³-hybridized carbons (Fsp3) is 0.120. The Morgan fingerprint density at radius 1 is 0.767 bits per heavy atom. The van der Waals surface area contributed by atoms with Gasteiger partial charge in [0.05, 0.1) is 20.3 Å². The SMILES string of the molecule is COc1ccc(/C=C2\C(=O)C(=O)N(c3ccccc3)C2c2ccc(OC)cc2)cc1. The summed E-state index contributed by atoms with van der Waals surface area (Å²) in [5, 5.41) is 0. The van der Waals surface area contributed by atoms with Gasteiger partial charge in [-0.15, -0.1) is 0 Å². The van der Waals surface area contributed by atoms with E-state index in [9.17, 15) is 9.59 Å². The third-order valence-corrected chi connectivity index (χ3v) is 5.13. The molecule has 0 radical (unpaired) electrons. The molecule has 30 heavy (non-hydrogen) atoms. The molecule has 1 fully saturated rings. The summed E-state index contributed by atoms with van der Waals surface area (Å²) in [4.78, 5) is 27.6. The van der Waals surface area contributed by atoms with Crippen molar-refractivity contribution >= 4 is 23.5 Å². The number of para-hydroxylation sites is 1. The molecule has 1 saturated heterocycles. The van der Waals surface area contributed by atoms with Gasteiger partial charge in [-0.1, -0.05) is 42.5 Å². The van der Waals surface area contributed by atoms with Crippen LogP contribution in [0.1, 0.15) is 17.2 Å². The molecule has 150 valence electrons. The second-order valence-electron chi connectivity index (χ2n) is 6.89. The first kappa shape index (κ1) is 19.5. The van der Waals surface area contributed by atoms with Crippen LogP contribution in [0.3, 0.4) is 0 Å². The van der Waals surface area contributed by atoms with Crippen LogP contribution in [0.2, 0.25) is 0 Å². The Balaban J connectivity index is 1.84. The molecule has 5 nitrogen and oxygen atoms in total. The molecule has 1 aliphatic rings. The second kappa shape index (κ2) is 8.25. The van der Waals surface area contributed by atoms with Crippen molar-refractivity contribution in [3.63, 3.8) is 0 Å². The quantitative estimate of drug-likeness (QED) is 0.470. The molecule has 4 rings (SSSR count). The largest absolute Gasteiger partial charge is 0.497 e. The normalized spacial score (nSPS) is 17.5. The minimum Gasteiger partial charge on any atom is -0.497 e. The monoisotopic (exact) mass is 399 g/mol. The Kier molecular flexibility index (Phi) is 5.35. The van der Waals surface area contributed by atoms with Crippen LogP contribution in [0.5, 0.6) is 11.5 Å². The fourth-order valence-corrected chi connectivity index (χ4v) is 3.61.